The Morgan fingerprint density at radius 1 is 1.12 bits per heavy atom. The van der Waals surface area contributed by atoms with E-state index in [1.54, 1.807) is 45.0 Å². The number of H-pyrrole nitrogens is 1. The van der Waals surface area contributed by atoms with E-state index in [4.69, 9.17) is 9.47 Å². The number of hydrogen-bond acceptors (Lipinski definition) is 4. The van der Waals surface area contributed by atoms with Crippen LogP contribution in [0.15, 0.2) is 42.5 Å². The molecule has 1 aliphatic rings. The summed E-state index contributed by atoms with van der Waals surface area (Å²) in [6, 6.07) is 9.36. The van der Waals surface area contributed by atoms with Crippen LogP contribution in [0.4, 0.5) is 18.0 Å². The molecule has 0 fully saturated rings. The number of imidazole rings is 1. The molecule has 1 aliphatic heterocycles. The van der Waals surface area contributed by atoms with E-state index < -0.39 is 23.4 Å². The molecular formula is C25H26F3N3O3. The van der Waals surface area contributed by atoms with Crippen LogP contribution in [-0.2, 0) is 10.9 Å². The summed E-state index contributed by atoms with van der Waals surface area (Å²) in [5, 5.41) is 0. The SMILES string of the molecule is COc1ccccc1-c1nc2cc(C(F)(F)F)cc(C3=CCN(C(=O)OC(C)(C)C)CC3)c2[nH]1. The number of halogens is 3. The predicted molar refractivity (Wildman–Crippen MR) is 123 cm³/mol. The number of ether oxygens (including phenoxy) is 2. The van der Waals surface area contributed by atoms with E-state index in [1.165, 1.54) is 12.0 Å². The van der Waals surface area contributed by atoms with Crippen molar-refractivity contribution in [2.75, 3.05) is 20.2 Å². The van der Waals surface area contributed by atoms with Crippen LogP contribution in [0.3, 0.4) is 0 Å². The van der Waals surface area contributed by atoms with Gasteiger partial charge in [0.05, 0.1) is 29.3 Å². The molecule has 1 N–H and O–H groups in total. The highest BCUT2D eigenvalue weighted by Gasteiger charge is 2.33. The Morgan fingerprint density at radius 3 is 2.47 bits per heavy atom. The summed E-state index contributed by atoms with van der Waals surface area (Å²) in [7, 11) is 1.53. The molecule has 0 spiro atoms. The van der Waals surface area contributed by atoms with Gasteiger partial charge in [-0.1, -0.05) is 18.2 Å². The molecule has 0 aliphatic carbocycles. The van der Waals surface area contributed by atoms with Gasteiger partial charge in [-0.25, -0.2) is 9.78 Å². The molecule has 0 saturated heterocycles. The molecule has 2 heterocycles. The second kappa shape index (κ2) is 8.70. The van der Waals surface area contributed by atoms with Crippen LogP contribution in [0.2, 0.25) is 0 Å². The van der Waals surface area contributed by atoms with Gasteiger partial charge in [0.1, 0.15) is 17.2 Å². The van der Waals surface area contributed by atoms with Crippen molar-refractivity contribution in [3.8, 4) is 17.1 Å². The van der Waals surface area contributed by atoms with Gasteiger partial charge >= 0.3 is 12.3 Å². The van der Waals surface area contributed by atoms with E-state index in [9.17, 15) is 18.0 Å². The Hall–Kier alpha value is -3.49. The van der Waals surface area contributed by atoms with Crippen molar-refractivity contribution in [1.82, 2.24) is 14.9 Å². The number of fused-ring (bicyclic) bond motifs is 1. The summed E-state index contributed by atoms with van der Waals surface area (Å²) in [5.41, 5.74) is 1.09. The van der Waals surface area contributed by atoms with Crippen molar-refractivity contribution in [1.29, 1.82) is 0 Å². The van der Waals surface area contributed by atoms with Gasteiger partial charge in [0.25, 0.3) is 0 Å². The van der Waals surface area contributed by atoms with Crippen LogP contribution in [0, 0.1) is 0 Å². The molecule has 4 rings (SSSR count). The van der Waals surface area contributed by atoms with Crippen molar-refractivity contribution in [2.45, 2.75) is 39.0 Å². The van der Waals surface area contributed by atoms with Gasteiger partial charge in [-0.05, 0) is 57.0 Å². The maximum atomic E-state index is 13.7. The number of aromatic amines is 1. The van der Waals surface area contributed by atoms with E-state index in [1.807, 2.05) is 6.07 Å². The fourth-order valence-electron chi connectivity index (χ4n) is 3.90. The van der Waals surface area contributed by atoms with E-state index >= 15 is 0 Å². The normalized spacial score (nSPS) is 14.8. The maximum Gasteiger partial charge on any atom is 0.416 e. The van der Waals surface area contributed by atoms with Crippen LogP contribution < -0.4 is 4.74 Å². The highest BCUT2D eigenvalue weighted by atomic mass is 19.4. The van der Waals surface area contributed by atoms with Crippen molar-refractivity contribution in [3.05, 3.63) is 53.6 Å². The van der Waals surface area contributed by atoms with Gasteiger partial charge in [-0.2, -0.15) is 13.2 Å². The topological polar surface area (TPSA) is 67.4 Å². The van der Waals surface area contributed by atoms with Crippen LogP contribution in [0.1, 0.15) is 38.3 Å². The number of carbonyl (C=O) groups excluding carboxylic acids is 1. The summed E-state index contributed by atoms with van der Waals surface area (Å²) >= 11 is 0. The van der Waals surface area contributed by atoms with Gasteiger partial charge in [0, 0.05) is 18.7 Å². The van der Waals surface area contributed by atoms with Crippen LogP contribution in [0.5, 0.6) is 5.75 Å². The zero-order chi connectivity index (χ0) is 24.7. The molecule has 34 heavy (non-hydrogen) atoms. The quantitative estimate of drug-likeness (QED) is 0.486. The number of carbonyl (C=O) groups is 1. The first-order chi connectivity index (χ1) is 16.0. The van der Waals surface area contributed by atoms with Crippen molar-refractivity contribution < 1.29 is 27.4 Å². The third kappa shape index (κ3) is 4.88. The smallest absolute Gasteiger partial charge is 0.416 e. The molecule has 1 aromatic heterocycles. The van der Waals surface area contributed by atoms with Crippen molar-refractivity contribution in [2.24, 2.45) is 0 Å². The Bertz CT molecular complexity index is 1260. The molecule has 0 bridgehead atoms. The van der Waals surface area contributed by atoms with E-state index in [2.05, 4.69) is 9.97 Å². The zero-order valence-electron chi connectivity index (χ0n) is 19.4. The number of para-hydroxylation sites is 1. The highest BCUT2D eigenvalue weighted by molar-refractivity contribution is 5.92. The fraction of sp³-hybridized carbons (Fsp3) is 0.360. The first-order valence-electron chi connectivity index (χ1n) is 10.9. The van der Waals surface area contributed by atoms with E-state index in [0.29, 0.717) is 46.8 Å². The average Bonchev–Trinajstić information content (AvgIpc) is 3.21. The first-order valence-corrected chi connectivity index (χ1v) is 10.9. The molecule has 9 heteroatoms. The summed E-state index contributed by atoms with van der Waals surface area (Å²) < 4.78 is 51.9. The summed E-state index contributed by atoms with van der Waals surface area (Å²) in [4.78, 5) is 21.6. The number of amides is 1. The van der Waals surface area contributed by atoms with Crippen molar-refractivity contribution >= 4 is 22.7 Å². The molecule has 1 amide bonds. The minimum atomic E-state index is -4.52. The number of aromatic nitrogens is 2. The standard InChI is InChI=1S/C25H26F3N3O3/c1-24(2,3)34-23(32)31-11-9-15(10-12-31)18-13-16(25(26,27)28)14-19-21(18)30-22(29-19)17-7-5-6-8-20(17)33-4/h5-9,13-14H,10-12H2,1-4H3,(H,29,30). The first kappa shape index (κ1) is 23.7. The Kier molecular flexibility index (Phi) is 6.05. The lowest BCUT2D eigenvalue weighted by Crippen LogP contribution is -2.39. The maximum absolute atomic E-state index is 13.7. The number of benzene rings is 2. The van der Waals surface area contributed by atoms with Crippen LogP contribution >= 0.6 is 0 Å². The van der Waals surface area contributed by atoms with Gasteiger partial charge < -0.3 is 19.4 Å². The number of rotatable bonds is 3. The zero-order valence-corrected chi connectivity index (χ0v) is 19.4. The van der Waals surface area contributed by atoms with Crippen LogP contribution in [0.25, 0.3) is 28.0 Å². The van der Waals surface area contributed by atoms with Gasteiger partial charge in [0.2, 0.25) is 0 Å². The summed E-state index contributed by atoms with van der Waals surface area (Å²) in [6.07, 6.45) is -2.81. The fourth-order valence-corrected chi connectivity index (χ4v) is 3.90. The molecule has 0 unspecified atom stereocenters. The number of hydrogen-bond donors (Lipinski definition) is 1. The minimum absolute atomic E-state index is 0.209. The molecule has 0 saturated carbocycles. The van der Waals surface area contributed by atoms with Crippen LogP contribution in [-0.4, -0.2) is 46.8 Å². The largest absolute Gasteiger partial charge is 0.496 e. The second-order valence-electron chi connectivity index (χ2n) is 9.11. The molecular weight excluding hydrogens is 447 g/mol. The Balaban J connectivity index is 1.76. The number of methoxy groups -OCH3 is 1. The third-order valence-corrected chi connectivity index (χ3v) is 5.49. The second-order valence-corrected chi connectivity index (χ2v) is 9.11. The summed E-state index contributed by atoms with van der Waals surface area (Å²) in [5.74, 6) is 0.976. The molecule has 180 valence electrons. The Morgan fingerprint density at radius 2 is 1.85 bits per heavy atom. The molecule has 0 radical (unpaired) electrons. The number of nitrogens with one attached hydrogen (secondary N) is 1. The summed E-state index contributed by atoms with van der Waals surface area (Å²) in [6.45, 7) is 5.94. The molecule has 0 atom stereocenters. The lowest BCUT2D eigenvalue weighted by molar-refractivity contribution is -0.137. The van der Waals surface area contributed by atoms with E-state index in [0.717, 1.165) is 12.1 Å². The predicted octanol–water partition coefficient (Wildman–Crippen LogP) is 6.28. The van der Waals surface area contributed by atoms with Gasteiger partial charge in [-0.3, -0.25) is 0 Å². The van der Waals surface area contributed by atoms with Crippen molar-refractivity contribution in [3.63, 3.8) is 0 Å². The molecule has 6 nitrogen and oxygen atoms in total. The average molecular weight is 473 g/mol. The van der Waals surface area contributed by atoms with Gasteiger partial charge in [-0.15, -0.1) is 0 Å². The lowest BCUT2D eigenvalue weighted by Gasteiger charge is -2.29. The number of nitrogens with zero attached hydrogens (tertiary/aromatic N) is 2. The molecule has 3 aromatic rings. The Labute approximate surface area is 195 Å². The molecule has 2 aromatic carbocycles. The monoisotopic (exact) mass is 473 g/mol. The van der Waals surface area contributed by atoms with E-state index in [-0.39, 0.29) is 12.1 Å². The minimum Gasteiger partial charge on any atom is -0.496 e. The highest BCUT2D eigenvalue weighted by Crippen LogP contribution is 2.38. The van der Waals surface area contributed by atoms with Gasteiger partial charge in [0.15, 0.2) is 0 Å². The third-order valence-electron chi connectivity index (χ3n) is 5.49. The lowest BCUT2D eigenvalue weighted by atomic mass is 9.96. The number of alkyl halides is 3.